The number of hydrogen-bond acceptors (Lipinski definition) is 4. The number of carbonyl (C=O) groups excluding carboxylic acids is 3. The first-order valence-corrected chi connectivity index (χ1v) is 10.7. The Labute approximate surface area is 193 Å². The molecule has 1 atom stereocenters. The number of imide groups is 1. The van der Waals surface area contributed by atoms with Gasteiger partial charge in [0.25, 0.3) is 17.7 Å². The fraction of sp³-hybridized carbons (Fsp3) is 0.125. The number of anilines is 1. The molecule has 0 aromatic heterocycles. The average molecular weight is 467 g/mol. The molecule has 1 unspecified atom stereocenters. The van der Waals surface area contributed by atoms with Gasteiger partial charge in [0.1, 0.15) is 5.75 Å². The molecule has 3 amide bonds. The largest absolute Gasteiger partial charge is 0.493 e. The van der Waals surface area contributed by atoms with Gasteiger partial charge in [-0.25, -0.2) is 4.90 Å². The first kappa shape index (κ1) is 20.5. The molecule has 2 aliphatic rings. The minimum atomic E-state index is -0.518. The summed E-state index contributed by atoms with van der Waals surface area (Å²) in [6.45, 7) is 0.462. The Kier molecular flexibility index (Phi) is 5.12. The Hall–Kier alpha value is -3.35. The van der Waals surface area contributed by atoms with Gasteiger partial charge in [0.15, 0.2) is 0 Å². The third kappa shape index (κ3) is 3.42. The zero-order chi connectivity index (χ0) is 22.4. The topological polar surface area (TPSA) is 75.7 Å². The van der Waals surface area contributed by atoms with Gasteiger partial charge in [-0.05, 0) is 48.5 Å². The minimum Gasteiger partial charge on any atom is -0.493 e. The van der Waals surface area contributed by atoms with E-state index in [4.69, 9.17) is 27.9 Å². The molecule has 32 heavy (non-hydrogen) atoms. The van der Waals surface area contributed by atoms with E-state index in [1.54, 1.807) is 42.5 Å². The summed E-state index contributed by atoms with van der Waals surface area (Å²) in [5.74, 6) is -0.674. The molecule has 3 aromatic rings. The number of carbonyl (C=O) groups is 3. The van der Waals surface area contributed by atoms with Crippen molar-refractivity contribution in [2.24, 2.45) is 0 Å². The molecule has 8 heteroatoms. The maximum absolute atomic E-state index is 13.0. The number of fused-ring (bicyclic) bond motifs is 2. The third-order valence-electron chi connectivity index (χ3n) is 5.56. The van der Waals surface area contributed by atoms with Crippen LogP contribution in [0.3, 0.4) is 0 Å². The van der Waals surface area contributed by atoms with E-state index in [2.05, 4.69) is 5.32 Å². The summed E-state index contributed by atoms with van der Waals surface area (Å²) in [7, 11) is 0. The van der Waals surface area contributed by atoms with Crippen LogP contribution in [0.2, 0.25) is 10.0 Å². The van der Waals surface area contributed by atoms with Crippen LogP contribution in [0.1, 0.15) is 49.1 Å². The van der Waals surface area contributed by atoms with Crippen molar-refractivity contribution >= 4 is 46.6 Å². The predicted molar refractivity (Wildman–Crippen MR) is 121 cm³/mol. The van der Waals surface area contributed by atoms with Gasteiger partial charge in [-0.2, -0.15) is 0 Å². The lowest BCUT2D eigenvalue weighted by Gasteiger charge is -2.27. The smallest absolute Gasteiger partial charge is 0.266 e. The van der Waals surface area contributed by atoms with Gasteiger partial charge in [0.2, 0.25) is 0 Å². The maximum Gasteiger partial charge on any atom is 0.266 e. The van der Waals surface area contributed by atoms with Crippen molar-refractivity contribution < 1.29 is 19.1 Å². The highest BCUT2D eigenvalue weighted by Crippen LogP contribution is 2.35. The average Bonchev–Trinajstić information content (AvgIpc) is 3.04. The molecule has 0 bridgehead atoms. The minimum absolute atomic E-state index is 0.165. The van der Waals surface area contributed by atoms with E-state index >= 15 is 0 Å². The molecule has 3 aromatic carbocycles. The molecule has 0 spiro atoms. The van der Waals surface area contributed by atoms with Crippen molar-refractivity contribution in [2.45, 2.75) is 12.5 Å². The first-order chi connectivity index (χ1) is 15.4. The van der Waals surface area contributed by atoms with Crippen LogP contribution < -0.4 is 15.0 Å². The standard InChI is InChI=1S/C24H16Cl2N2O4/c25-14-6-8-21-17(12-14)19(9-10-32-21)27-22(29)13-5-7-15-16(11-13)24(31)28(23(15)30)20-4-2-1-3-18(20)26/h1-8,11-12,19H,9-10H2,(H,27,29). The van der Waals surface area contributed by atoms with Crippen LogP contribution in [-0.2, 0) is 0 Å². The van der Waals surface area contributed by atoms with Crippen LogP contribution in [0.4, 0.5) is 5.69 Å². The third-order valence-corrected chi connectivity index (χ3v) is 6.11. The zero-order valence-electron chi connectivity index (χ0n) is 16.6. The highest BCUT2D eigenvalue weighted by molar-refractivity contribution is 6.40. The number of amides is 3. The number of ether oxygens (including phenoxy) is 1. The van der Waals surface area contributed by atoms with Crippen LogP contribution >= 0.6 is 23.2 Å². The van der Waals surface area contributed by atoms with E-state index in [-0.39, 0.29) is 33.7 Å². The van der Waals surface area contributed by atoms with Crippen molar-refractivity contribution in [2.75, 3.05) is 11.5 Å². The van der Waals surface area contributed by atoms with Gasteiger partial charge < -0.3 is 10.1 Å². The Morgan fingerprint density at radius 1 is 0.969 bits per heavy atom. The number of rotatable bonds is 3. The monoisotopic (exact) mass is 466 g/mol. The van der Waals surface area contributed by atoms with Crippen molar-refractivity contribution in [1.29, 1.82) is 0 Å². The van der Waals surface area contributed by atoms with Crippen molar-refractivity contribution in [3.8, 4) is 5.75 Å². The van der Waals surface area contributed by atoms with Crippen molar-refractivity contribution in [3.63, 3.8) is 0 Å². The fourth-order valence-electron chi connectivity index (χ4n) is 3.99. The quantitative estimate of drug-likeness (QED) is 0.548. The normalized spacial score (nSPS) is 16.9. The van der Waals surface area contributed by atoms with Crippen LogP contribution in [0.5, 0.6) is 5.75 Å². The second kappa shape index (κ2) is 7.97. The summed E-state index contributed by atoms with van der Waals surface area (Å²) < 4.78 is 5.64. The van der Waals surface area contributed by atoms with Crippen LogP contribution in [-0.4, -0.2) is 24.3 Å². The first-order valence-electron chi connectivity index (χ1n) is 9.94. The van der Waals surface area contributed by atoms with E-state index in [1.165, 1.54) is 18.2 Å². The number of nitrogens with zero attached hydrogens (tertiary/aromatic N) is 1. The fourth-order valence-corrected chi connectivity index (χ4v) is 4.39. The summed E-state index contributed by atoms with van der Waals surface area (Å²) in [4.78, 5) is 39.9. The molecule has 1 N–H and O–H groups in total. The molecule has 0 saturated heterocycles. The molecule has 0 radical (unpaired) electrons. The van der Waals surface area contributed by atoms with Gasteiger partial charge in [0.05, 0.1) is 34.5 Å². The predicted octanol–water partition coefficient (Wildman–Crippen LogP) is 5.05. The molecule has 5 rings (SSSR count). The van der Waals surface area contributed by atoms with E-state index in [1.807, 2.05) is 0 Å². The highest BCUT2D eigenvalue weighted by Gasteiger charge is 2.38. The summed E-state index contributed by atoms with van der Waals surface area (Å²) in [6.07, 6.45) is 0.585. The van der Waals surface area contributed by atoms with E-state index in [0.29, 0.717) is 29.5 Å². The Morgan fingerprint density at radius 2 is 1.75 bits per heavy atom. The SMILES string of the molecule is O=C(NC1CCOc2ccc(Cl)cc21)c1ccc2c(c1)C(=O)N(c1ccccc1Cl)C2=O. The van der Waals surface area contributed by atoms with Gasteiger partial charge in [-0.3, -0.25) is 14.4 Å². The molecule has 160 valence electrons. The van der Waals surface area contributed by atoms with Gasteiger partial charge in [0, 0.05) is 22.6 Å². The number of para-hydroxylation sites is 1. The lowest BCUT2D eigenvalue weighted by Crippen LogP contribution is -2.32. The van der Waals surface area contributed by atoms with Crippen molar-refractivity contribution in [3.05, 3.63) is 93.0 Å². The molecule has 0 aliphatic carbocycles. The molecule has 2 heterocycles. The van der Waals surface area contributed by atoms with Gasteiger partial charge in [-0.1, -0.05) is 35.3 Å². The Morgan fingerprint density at radius 3 is 2.56 bits per heavy atom. The van der Waals surface area contributed by atoms with Gasteiger partial charge in [-0.15, -0.1) is 0 Å². The van der Waals surface area contributed by atoms with Crippen LogP contribution in [0, 0.1) is 0 Å². The summed E-state index contributed by atoms with van der Waals surface area (Å²) in [6, 6.07) is 16.1. The van der Waals surface area contributed by atoms with Crippen LogP contribution in [0.15, 0.2) is 60.7 Å². The van der Waals surface area contributed by atoms with Crippen LogP contribution in [0.25, 0.3) is 0 Å². The molecule has 0 saturated carbocycles. The summed E-state index contributed by atoms with van der Waals surface area (Å²) in [5, 5.41) is 3.82. The Bertz CT molecular complexity index is 1290. The molecule has 0 fully saturated rings. The summed E-state index contributed by atoms with van der Waals surface area (Å²) in [5.41, 5.74) is 1.78. The number of benzene rings is 3. The molecular weight excluding hydrogens is 451 g/mol. The molecular formula is C24H16Cl2N2O4. The highest BCUT2D eigenvalue weighted by atomic mass is 35.5. The Balaban J connectivity index is 1.42. The van der Waals surface area contributed by atoms with E-state index in [9.17, 15) is 14.4 Å². The molecule has 6 nitrogen and oxygen atoms in total. The lowest BCUT2D eigenvalue weighted by atomic mass is 9.99. The van der Waals surface area contributed by atoms with E-state index < -0.39 is 11.8 Å². The summed E-state index contributed by atoms with van der Waals surface area (Å²) >= 11 is 12.3. The van der Waals surface area contributed by atoms with E-state index in [0.717, 1.165) is 10.5 Å². The maximum atomic E-state index is 13.0. The second-order valence-electron chi connectivity index (χ2n) is 7.50. The lowest BCUT2D eigenvalue weighted by molar-refractivity contribution is 0.0916. The number of halogens is 2. The second-order valence-corrected chi connectivity index (χ2v) is 8.35. The molecule has 2 aliphatic heterocycles. The number of hydrogen-bond donors (Lipinski definition) is 1. The van der Waals surface area contributed by atoms with Crippen molar-refractivity contribution in [1.82, 2.24) is 5.32 Å². The number of nitrogens with one attached hydrogen (secondary N) is 1. The van der Waals surface area contributed by atoms with Gasteiger partial charge >= 0.3 is 0 Å². The zero-order valence-corrected chi connectivity index (χ0v) is 18.1.